The molecule has 1 aliphatic rings. The second-order valence-electron chi connectivity index (χ2n) is 8.83. The lowest BCUT2D eigenvalue weighted by Crippen LogP contribution is -2.21. The number of esters is 1. The third-order valence-corrected chi connectivity index (χ3v) is 7.91. The summed E-state index contributed by atoms with van der Waals surface area (Å²) in [7, 11) is 0. The predicted molar refractivity (Wildman–Crippen MR) is 151 cm³/mol. The van der Waals surface area contributed by atoms with Crippen LogP contribution in [0.5, 0.6) is 23.0 Å². The molecule has 1 aromatic heterocycles. The number of carbonyl (C=O) groups is 1. The Balaban J connectivity index is 1.49. The molecule has 0 saturated carbocycles. The van der Waals surface area contributed by atoms with E-state index < -0.39 is 11.9 Å². The van der Waals surface area contributed by atoms with Crippen molar-refractivity contribution in [3.8, 4) is 29.1 Å². The van der Waals surface area contributed by atoms with Crippen molar-refractivity contribution < 1.29 is 23.7 Å². The van der Waals surface area contributed by atoms with Gasteiger partial charge in [-0.1, -0.05) is 35.9 Å². The van der Waals surface area contributed by atoms with Crippen LogP contribution in [0.25, 0.3) is 10.1 Å². The Hall–Kier alpha value is -4.19. The monoisotopic (exact) mass is 560 g/mol. The maximum Gasteiger partial charge on any atom is 0.355 e. The fourth-order valence-corrected chi connectivity index (χ4v) is 6.03. The molecule has 2 N–H and O–H groups in total. The zero-order valence-electron chi connectivity index (χ0n) is 21.5. The summed E-state index contributed by atoms with van der Waals surface area (Å²) in [5, 5.41) is 11.1. The highest BCUT2D eigenvalue weighted by Gasteiger charge is 2.32. The average Bonchev–Trinajstić information content (AvgIpc) is 3.24. The number of nitrogens with two attached hydrogens (primary N) is 1. The third kappa shape index (κ3) is 4.99. The Morgan fingerprint density at radius 2 is 1.85 bits per heavy atom. The summed E-state index contributed by atoms with van der Waals surface area (Å²) in [4.78, 5) is 13.4. The van der Waals surface area contributed by atoms with E-state index >= 15 is 0 Å². The van der Waals surface area contributed by atoms with E-state index in [1.54, 1.807) is 18.2 Å². The molecule has 1 aliphatic heterocycles. The van der Waals surface area contributed by atoms with Gasteiger partial charge in [-0.3, -0.25) is 0 Å². The first-order valence-electron chi connectivity index (χ1n) is 12.4. The van der Waals surface area contributed by atoms with Crippen LogP contribution >= 0.6 is 22.9 Å². The number of carbonyl (C=O) groups excluding carboxylic acids is 1. The minimum atomic E-state index is -0.569. The van der Waals surface area contributed by atoms with Crippen LogP contribution in [0, 0.1) is 18.3 Å². The van der Waals surface area contributed by atoms with Crippen LogP contribution in [0.3, 0.4) is 0 Å². The Morgan fingerprint density at radius 1 is 1.08 bits per heavy atom. The topological polar surface area (TPSA) is 104 Å². The number of fused-ring (bicyclic) bond motifs is 2. The molecule has 3 aromatic carbocycles. The Morgan fingerprint density at radius 3 is 2.59 bits per heavy atom. The fraction of sp³-hybridized carbons (Fsp3) is 0.200. The number of hydrogen-bond acceptors (Lipinski definition) is 8. The molecule has 0 bridgehead atoms. The summed E-state index contributed by atoms with van der Waals surface area (Å²) in [5.41, 5.74) is 9.00. The first-order chi connectivity index (χ1) is 18.8. The molecule has 0 aliphatic carbocycles. The van der Waals surface area contributed by atoms with Gasteiger partial charge >= 0.3 is 5.97 Å². The van der Waals surface area contributed by atoms with Crippen LogP contribution in [-0.2, 0) is 0 Å². The quantitative estimate of drug-likeness (QED) is 0.190. The molecule has 0 radical (unpaired) electrons. The molecule has 198 valence electrons. The van der Waals surface area contributed by atoms with Gasteiger partial charge in [-0.05, 0) is 56.2 Å². The number of allylic oxidation sites excluding steroid dienone is 1. The van der Waals surface area contributed by atoms with E-state index in [0.29, 0.717) is 45.9 Å². The van der Waals surface area contributed by atoms with E-state index in [1.165, 1.54) is 11.3 Å². The van der Waals surface area contributed by atoms with E-state index in [-0.39, 0.29) is 17.2 Å². The van der Waals surface area contributed by atoms with Crippen LogP contribution in [0.2, 0.25) is 5.02 Å². The second-order valence-corrected chi connectivity index (χ2v) is 10.3. The first kappa shape index (κ1) is 26.4. The van der Waals surface area contributed by atoms with Crippen LogP contribution in [0.15, 0.2) is 66.1 Å². The van der Waals surface area contributed by atoms with Crippen molar-refractivity contribution in [2.24, 2.45) is 5.73 Å². The van der Waals surface area contributed by atoms with Crippen molar-refractivity contribution in [2.45, 2.75) is 26.7 Å². The van der Waals surface area contributed by atoms with Gasteiger partial charge in [0.2, 0.25) is 5.88 Å². The smallest absolute Gasteiger partial charge is 0.355 e. The summed E-state index contributed by atoms with van der Waals surface area (Å²) < 4.78 is 23.9. The van der Waals surface area contributed by atoms with Gasteiger partial charge < -0.3 is 24.7 Å². The fourth-order valence-electron chi connectivity index (χ4n) is 4.55. The van der Waals surface area contributed by atoms with Crippen LogP contribution < -0.4 is 24.7 Å². The van der Waals surface area contributed by atoms with Crippen molar-refractivity contribution in [3.05, 3.63) is 92.6 Å². The lowest BCUT2D eigenvalue weighted by Gasteiger charge is -2.27. The van der Waals surface area contributed by atoms with Gasteiger partial charge in [0.15, 0.2) is 11.5 Å². The number of aryl methyl sites for hydroxylation is 1. The minimum absolute atomic E-state index is 0.0201. The minimum Gasteiger partial charge on any atom is -0.490 e. The number of nitrogens with zero attached hydrogens (tertiary/aromatic N) is 1. The molecule has 39 heavy (non-hydrogen) atoms. The Labute approximate surface area is 234 Å². The average molecular weight is 561 g/mol. The molecule has 0 amide bonds. The van der Waals surface area contributed by atoms with Gasteiger partial charge in [0.1, 0.15) is 28.0 Å². The number of rotatable bonds is 7. The van der Waals surface area contributed by atoms with Gasteiger partial charge in [-0.25, -0.2) is 4.79 Å². The molecule has 0 fully saturated rings. The Bertz CT molecular complexity index is 1670. The van der Waals surface area contributed by atoms with E-state index in [0.717, 1.165) is 21.2 Å². The second kappa shape index (κ2) is 10.9. The normalized spacial score (nSPS) is 14.4. The van der Waals surface area contributed by atoms with Crippen molar-refractivity contribution in [1.82, 2.24) is 0 Å². The SMILES string of the molecule is CCOc1ccc(C2C(C#N)=C(N)Oc3cc(OC(=O)c4sc5cc(C)ccc5c4Cl)ccc32)cc1OCC. The number of ether oxygens (including phenoxy) is 4. The number of nitriles is 1. The summed E-state index contributed by atoms with van der Waals surface area (Å²) in [6, 6.07) is 18.6. The van der Waals surface area contributed by atoms with Gasteiger partial charge in [-0.15, -0.1) is 11.3 Å². The van der Waals surface area contributed by atoms with Gasteiger partial charge in [0.25, 0.3) is 0 Å². The Kier molecular flexibility index (Phi) is 7.38. The van der Waals surface area contributed by atoms with Crippen LogP contribution in [-0.4, -0.2) is 19.2 Å². The molecule has 1 atom stereocenters. The summed E-state index contributed by atoms with van der Waals surface area (Å²) in [6.45, 7) is 6.71. The van der Waals surface area contributed by atoms with Gasteiger partial charge in [-0.2, -0.15) is 5.26 Å². The summed E-state index contributed by atoms with van der Waals surface area (Å²) >= 11 is 7.78. The molecule has 0 spiro atoms. The third-order valence-electron chi connectivity index (χ3n) is 6.27. The van der Waals surface area contributed by atoms with Crippen LogP contribution in [0.1, 0.15) is 46.1 Å². The van der Waals surface area contributed by atoms with Crippen LogP contribution in [0.4, 0.5) is 0 Å². The van der Waals surface area contributed by atoms with E-state index in [2.05, 4.69) is 6.07 Å². The maximum absolute atomic E-state index is 13.1. The number of hydrogen-bond donors (Lipinski definition) is 1. The molecule has 9 heteroatoms. The summed E-state index contributed by atoms with van der Waals surface area (Å²) in [5.74, 6) is 0.723. The molecule has 7 nitrogen and oxygen atoms in total. The highest BCUT2D eigenvalue weighted by Crippen LogP contribution is 2.45. The van der Waals surface area contributed by atoms with E-state index in [4.69, 9.17) is 36.3 Å². The highest BCUT2D eigenvalue weighted by molar-refractivity contribution is 7.21. The highest BCUT2D eigenvalue weighted by atomic mass is 35.5. The zero-order valence-corrected chi connectivity index (χ0v) is 23.1. The number of halogens is 1. The molecule has 0 saturated heterocycles. The lowest BCUT2D eigenvalue weighted by atomic mass is 9.83. The van der Waals surface area contributed by atoms with E-state index in [9.17, 15) is 10.1 Å². The predicted octanol–water partition coefficient (Wildman–Crippen LogP) is 7.10. The molecule has 4 aromatic rings. The van der Waals surface area contributed by atoms with Crippen molar-refractivity contribution >= 4 is 39.0 Å². The first-order valence-corrected chi connectivity index (χ1v) is 13.6. The van der Waals surface area contributed by atoms with Crippen molar-refractivity contribution in [2.75, 3.05) is 13.2 Å². The number of thiophene rings is 1. The standard InChI is InChI=1S/C30H25ClN2O5S/c1-4-35-22-11-7-17(13-24(22)36-5-2)26-19-10-8-18(14-23(19)38-29(33)21(26)15-32)37-30(34)28-27(31)20-9-6-16(3)12-25(20)39-28/h6-14,26H,4-5,33H2,1-3H3. The molecule has 1 unspecified atom stereocenters. The molecule has 2 heterocycles. The van der Waals surface area contributed by atoms with Gasteiger partial charge in [0, 0.05) is 21.7 Å². The van der Waals surface area contributed by atoms with Crippen molar-refractivity contribution in [3.63, 3.8) is 0 Å². The lowest BCUT2D eigenvalue weighted by molar-refractivity contribution is 0.0740. The molecule has 5 rings (SSSR count). The van der Waals surface area contributed by atoms with Crippen molar-refractivity contribution in [1.29, 1.82) is 5.26 Å². The zero-order chi connectivity index (χ0) is 27.7. The number of benzene rings is 3. The molecular formula is C30H25ClN2O5S. The van der Waals surface area contributed by atoms with Gasteiger partial charge in [0.05, 0.1) is 24.2 Å². The molecular weight excluding hydrogens is 536 g/mol. The summed E-state index contributed by atoms with van der Waals surface area (Å²) in [6.07, 6.45) is 0. The maximum atomic E-state index is 13.1. The largest absolute Gasteiger partial charge is 0.490 e. The van der Waals surface area contributed by atoms with E-state index in [1.807, 2.05) is 57.2 Å².